The number of carbonyl (C=O) groups excluding carboxylic acids is 8. The number of aromatic nitrogens is 2. The van der Waals surface area contributed by atoms with E-state index < -0.39 is 95.5 Å². The van der Waals surface area contributed by atoms with Crippen LogP contribution in [0.2, 0.25) is 0 Å². The van der Waals surface area contributed by atoms with E-state index in [1.54, 1.807) is 39.5 Å². The van der Waals surface area contributed by atoms with Gasteiger partial charge in [-0.2, -0.15) is 0 Å². The molecule has 3 N–H and O–H groups in total. The molecule has 312 valence electrons. The maximum Gasteiger partial charge on any atom is 0.410 e. The number of ketones is 1. The molecule has 58 heavy (non-hydrogen) atoms. The number of esters is 1. The molecule has 6 atom stereocenters. The number of amides is 6. The fourth-order valence-electron chi connectivity index (χ4n) is 7.16. The van der Waals surface area contributed by atoms with Crippen LogP contribution in [0, 0.1) is 11.8 Å². The molecule has 0 saturated carbocycles. The van der Waals surface area contributed by atoms with E-state index >= 15 is 0 Å². The smallest absolute Gasteiger partial charge is 0.410 e. The van der Waals surface area contributed by atoms with Crippen LogP contribution in [0.5, 0.6) is 0 Å². The molecule has 0 aliphatic carbocycles. The zero-order chi connectivity index (χ0) is 42.3. The minimum absolute atomic E-state index is 0.00290. The average Bonchev–Trinajstić information content (AvgIpc) is 3.91. The number of methoxy groups -OCH3 is 1. The second-order valence-electron chi connectivity index (χ2n) is 15.4. The van der Waals surface area contributed by atoms with Crippen molar-refractivity contribution in [2.45, 2.75) is 103 Å². The summed E-state index contributed by atoms with van der Waals surface area (Å²) in [5.74, 6) is -6.17. The van der Waals surface area contributed by atoms with Crippen molar-refractivity contribution in [3.8, 4) is 0 Å². The molecule has 4 heterocycles. The van der Waals surface area contributed by atoms with Gasteiger partial charge >= 0.3 is 12.1 Å². The monoisotopic (exact) mass is 804 g/mol. The Bertz CT molecular complexity index is 1890. The van der Waals surface area contributed by atoms with Gasteiger partial charge in [0.25, 0.3) is 11.8 Å². The number of hydrogen-bond acceptors (Lipinski definition) is 12. The Morgan fingerprint density at radius 2 is 1.57 bits per heavy atom. The van der Waals surface area contributed by atoms with Gasteiger partial charge in [-0.05, 0) is 35.8 Å². The largest absolute Gasteiger partial charge is 0.467 e. The molecule has 0 spiro atoms. The third-order valence-corrected chi connectivity index (χ3v) is 10.5. The lowest BCUT2D eigenvalue weighted by Gasteiger charge is -2.32. The van der Waals surface area contributed by atoms with Crippen molar-refractivity contribution in [1.82, 2.24) is 40.6 Å². The van der Waals surface area contributed by atoms with Crippen LogP contribution in [0.3, 0.4) is 0 Å². The number of ether oxygens (including phenoxy) is 2. The van der Waals surface area contributed by atoms with Crippen LogP contribution in [0.15, 0.2) is 42.9 Å². The molecule has 18 nitrogen and oxygen atoms in total. The van der Waals surface area contributed by atoms with Crippen LogP contribution >= 0.6 is 0 Å². The van der Waals surface area contributed by atoms with Crippen molar-refractivity contribution < 1.29 is 47.8 Å². The van der Waals surface area contributed by atoms with Crippen LogP contribution in [0.25, 0.3) is 0 Å². The predicted octanol–water partition coefficient (Wildman–Crippen LogP) is 0.774. The summed E-state index contributed by atoms with van der Waals surface area (Å²) < 4.78 is 10.6. The molecule has 2 fully saturated rings. The number of fused-ring (bicyclic) bond motifs is 1. The van der Waals surface area contributed by atoms with Gasteiger partial charge in [0.1, 0.15) is 36.0 Å². The van der Waals surface area contributed by atoms with E-state index in [0.717, 1.165) is 16.0 Å². The number of rotatable bonds is 15. The zero-order valence-corrected chi connectivity index (χ0v) is 33.6. The Labute approximate surface area is 336 Å². The van der Waals surface area contributed by atoms with E-state index in [1.165, 1.54) is 30.6 Å². The lowest BCUT2D eigenvalue weighted by Crippen LogP contribution is -2.59. The minimum atomic E-state index is -1.28. The highest BCUT2D eigenvalue weighted by Gasteiger charge is 2.50. The molecule has 2 aromatic rings. The van der Waals surface area contributed by atoms with Crippen LogP contribution in [0.4, 0.5) is 4.79 Å². The maximum atomic E-state index is 14.5. The highest BCUT2D eigenvalue weighted by molar-refractivity contribution is 6.39. The molecule has 3 aliphatic rings. The molecule has 1 aromatic carbocycles. The van der Waals surface area contributed by atoms with Gasteiger partial charge in [0, 0.05) is 31.9 Å². The molecule has 1 aromatic heterocycles. The van der Waals surface area contributed by atoms with Crippen molar-refractivity contribution in [2.24, 2.45) is 11.8 Å². The van der Waals surface area contributed by atoms with Gasteiger partial charge in [-0.15, -0.1) is 0 Å². The van der Waals surface area contributed by atoms with E-state index in [4.69, 9.17) is 4.74 Å². The van der Waals surface area contributed by atoms with Gasteiger partial charge in [0.05, 0.1) is 32.4 Å². The summed E-state index contributed by atoms with van der Waals surface area (Å²) in [6, 6.07) is 2.06. The first kappa shape index (κ1) is 43.2. The number of nitrogens with zero attached hydrogens (tertiary/aromatic N) is 5. The first-order valence-electron chi connectivity index (χ1n) is 19.6. The molecule has 6 amide bonds. The third kappa shape index (κ3) is 10.1. The van der Waals surface area contributed by atoms with Gasteiger partial charge in [-0.1, -0.05) is 65.3 Å². The number of benzene rings is 1. The third-order valence-electron chi connectivity index (χ3n) is 10.5. The molecule has 3 aliphatic heterocycles. The van der Waals surface area contributed by atoms with Crippen molar-refractivity contribution >= 4 is 47.4 Å². The Morgan fingerprint density at radius 1 is 0.862 bits per heavy atom. The summed E-state index contributed by atoms with van der Waals surface area (Å²) in [7, 11) is 1.17. The SMILES string of the molecule is CCC[C@H](NC(=O)C1C[C@@H](OC(=O)N2CCc3ccccc3C2)CN1C(=O)[C@@H](NC(=O)[C@@H](NC(=O)c1cnccn1)C(C)C)C(C)C)C(=O)C(=O)N1CC1C(=O)OC. The summed E-state index contributed by atoms with van der Waals surface area (Å²) in [6.07, 6.45) is 3.43. The number of carbonyl (C=O) groups is 8. The van der Waals surface area contributed by atoms with Crippen molar-refractivity contribution in [2.75, 3.05) is 26.7 Å². The Morgan fingerprint density at radius 3 is 2.21 bits per heavy atom. The van der Waals surface area contributed by atoms with Gasteiger partial charge in [0.2, 0.25) is 23.5 Å². The van der Waals surface area contributed by atoms with E-state index in [9.17, 15) is 38.4 Å². The molecule has 2 saturated heterocycles. The first-order valence-corrected chi connectivity index (χ1v) is 19.6. The van der Waals surface area contributed by atoms with Crippen LogP contribution in [0.1, 0.15) is 75.5 Å². The van der Waals surface area contributed by atoms with E-state index in [1.807, 2.05) is 24.3 Å². The first-order chi connectivity index (χ1) is 27.6. The van der Waals surface area contributed by atoms with Gasteiger partial charge in [-0.3, -0.25) is 33.8 Å². The molecule has 0 bridgehead atoms. The van der Waals surface area contributed by atoms with Crippen LogP contribution in [-0.4, -0.2) is 135 Å². The lowest BCUT2D eigenvalue weighted by atomic mass is 9.98. The van der Waals surface area contributed by atoms with Crippen molar-refractivity contribution in [3.05, 3.63) is 59.7 Å². The molecular formula is C40H52N8O10. The fourth-order valence-corrected chi connectivity index (χ4v) is 7.16. The highest BCUT2D eigenvalue weighted by Crippen LogP contribution is 2.27. The summed E-state index contributed by atoms with van der Waals surface area (Å²) in [5.41, 5.74) is 2.11. The number of likely N-dealkylation sites (tertiary alicyclic amines) is 1. The number of Topliss-reactive ketones (excluding diaryl/α,β-unsaturated/α-hetero) is 1. The quantitative estimate of drug-likeness (QED) is 0.129. The van der Waals surface area contributed by atoms with E-state index in [-0.39, 0.29) is 31.6 Å². The summed E-state index contributed by atoms with van der Waals surface area (Å²) >= 11 is 0. The summed E-state index contributed by atoms with van der Waals surface area (Å²) in [6.45, 7) is 9.16. The molecular weight excluding hydrogens is 752 g/mol. The van der Waals surface area contributed by atoms with E-state index in [0.29, 0.717) is 25.9 Å². The lowest BCUT2D eigenvalue weighted by molar-refractivity contribution is -0.147. The second kappa shape index (κ2) is 19.0. The van der Waals surface area contributed by atoms with E-state index in [2.05, 4.69) is 30.7 Å². The Hall–Kier alpha value is -5.94. The highest BCUT2D eigenvalue weighted by atomic mass is 16.6. The Kier molecular flexibility index (Phi) is 14.1. The predicted molar refractivity (Wildman–Crippen MR) is 205 cm³/mol. The second-order valence-corrected chi connectivity index (χ2v) is 15.4. The van der Waals surface area contributed by atoms with Crippen LogP contribution < -0.4 is 16.0 Å². The molecule has 2 unspecified atom stereocenters. The number of nitrogens with one attached hydrogen (secondary N) is 3. The Balaban J connectivity index is 1.35. The normalized spacial score (nSPS) is 20.0. The van der Waals surface area contributed by atoms with Gasteiger partial charge in [0.15, 0.2) is 0 Å². The summed E-state index contributed by atoms with van der Waals surface area (Å²) in [5, 5.41) is 8.08. The van der Waals surface area contributed by atoms with Crippen molar-refractivity contribution in [3.63, 3.8) is 0 Å². The maximum absolute atomic E-state index is 14.5. The molecule has 5 rings (SSSR count). The summed E-state index contributed by atoms with van der Waals surface area (Å²) in [4.78, 5) is 119. The minimum Gasteiger partial charge on any atom is -0.467 e. The topological polar surface area (TPSA) is 226 Å². The fraction of sp³-hybridized carbons (Fsp3) is 0.550. The molecule has 0 radical (unpaired) electrons. The van der Waals surface area contributed by atoms with Gasteiger partial charge < -0.3 is 40.1 Å². The van der Waals surface area contributed by atoms with Crippen molar-refractivity contribution in [1.29, 1.82) is 0 Å². The zero-order valence-electron chi connectivity index (χ0n) is 33.6. The van der Waals surface area contributed by atoms with Crippen LogP contribution in [-0.2, 0) is 51.2 Å². The van der Waals surface area contributed by atoms with Gasteiger partial charge in [-0.25, -0.2) is 14.6 Å². The molecule has 18 heteroatoms. The standard InChI is InChI=1S/C40H52N8O10/c1-7-10-27(33(49)38(54)48-21-30(48)39(55)57-6)43-35(51)29-17-26(58-40(56)46-16-13-24-11-8-9-12-25(24)19-46)20-47(29)37(53)32(23(4)5)45-36(52)31(22(2)3)44-34(50)28-18-41-14-15-42-28/h8-9,11-12,14-15,18,22-23,26-27,29-32H,7,10,13,16-17,19-21H2,1-6H3,(H,43,51)(H,44,50)(H,45,52)/t26-,27+,29?,30?,31+,32+,48?/m1/s1. The number of hydrogen-bond donors (Lipinski definition) is 3. The average molecular weight is 805 g/mol.